The zero-order chi connectivity index (χ0) is 15.7. The van der Waals surface area contributed by atoms with E-state index in [0.29, 0.717) is 0 Å². The molecule has 1 unspecified atom stereocenters. The van der Waals surface area contributed by atoms with Crippen molar-refractivity contribution >= 4 is 17.9 Å². The number of hydrogen-bond acceptors (Lipinski definition) is 4. The van der Waals surface area contributed by atoms with Gasteiger partial charge < -0.3 is 10.1 Å². The van der Waals surface area contributed by atoms with Gasteiger partial charge in [-0.1, -0.05) is 0 Å². The van der Waals surface area contributed by atoms with E-state index in [1.165, 1.54) is 0 Å². The van der Waals surface area contributed by atoms with Crippen LogP contribution < -0.4 is 10.7 Å². The summed E-state index contributed by atoms with van der Waals surface area (Å²) in [6.45, 7) is 4.12. The molecule has 0 radical (unpaired) electrons. The van der Waals surface area contributed by atoms with Crippen molar-refractivity contribution in [2.24, 2.45) is 0 Å². The molecule has 1 fully saturated rings. The van der Waals surface area contributed by atoms with Crippen molar-refractivity contribution in [1.82, 2.24) is 15.8 Å². The van der Waals surface area contributed by atoms with Crippen molar-refractivity contribution in [3.8, 4) is 0 Å². The first-order chi connectivity index (χ1) is 8.90. The summed E-state index contributed by atoms with van der Waals surface area (Å²) in [4.78, 5) is 33.7. The van der Waals surface area contributed by atoms with Gasteiger partial charge in [-0.3, -0.25) is 15.0 Å². The maximum Gasteiger partial charge on any atom is 0.473 e. The molecule has 1 rings (SSSR count). The molecule has 1 heterocycles. The molecule has 0 aromatic carbocycles. The SMILES string of the molecule is CC(C)(C)OC(=O)NC1CN(C(=O)C(F)(F)F)NC1=O. The fourth-order valence-electron chi connectivity index (χ4n) is 1.37. The average Bonchev–Trinajstić information content (AvgIpc) is 2.54. The monoisotopic (exact) mass is 297 g/mol. The Bertz CT molecular complexity index is 430. The Balaban J connectivity index is 2.61. The maximum atomic E-state index is 12.2. The van der Waals surface area contributed by atoms with Crippen LogP contribution >= 0.6 is 0 Å². The number of rotatable bonds is 1. The number of nitrogens with zero attached hydrogens (tertiary/aromatic N) is 1. The van der Waals surface area contributed by atoms with Crippen LogP contribution in [0.25, 0.3) is 0 Å². The van der Waals surface area contributed by atoms with Crippen LogP contribution in [0.4, 0.5) is 18.0 Å². The Morgan fingerprint density at radius 2 is 1.90 bits per heavy atom. The topological polar surface area (TPSA) is 87.7 Å². The van der Waals surface area contributed by atoms with Crippen LogP contribution in [0.5, 0.6) is 0 Å². The molecule has 1 aliphatic heterocycles. The number of ether oxygens (including phenoxy) is 1. The summed E-state index contributed by atoms with van der Waals surface area (Å²) in [5.74, 6) is -3.13. The lowest BCUT2D eigenvalue weighted by atomic mass is 10.2. The number of halogens is 3. The largest absolute Gasteiger partial charge is 0.473 e. The van der Waals surface area contributed by atoms with Crippen molar-refractivity contribution < 1.29 is 32.3 Å². The van der Waals surface area contributed by atoms with Gasteiger partial charge >= 0.3 is 18.2 Å². The highest BCUT2D eigenvalue weighted by Gasteiger charge is 2.47. The van der Waals surface area contributed by atoms with Gasteiger partial charge in [0, 0.05) is 0 Å². The second-order valence-corrected chi connectivity index (χ2v) is 5.09. The predicted octanol–water partition coefficient (Wildman–Crippen LogP) is 0.315. The fraction of sp³-hybridized carbons (Fsp3) is 0.700. The zero-order valence-corrected chi connectivity index (χ0v) is 11.0. The van der Waals surface area contributed by atoms with Crippen molar-refractivity contribution in [3.05, 3.63) is 0 Å². The molecule has 0 spiro atoms. The Morgan fingerprint density at radius 1 is 1.35 bits per heavy atom. The summed E-state index contributed by atoms with van der Waals surface area (Å²) in [6, 6.07) is -1.30. The molecule has 1 aliphatic rings. The lowest BCUT2D eigenvalue weighted by molar-refractivity contribution is -0.187. The minimum absolute atomic E-state index is 0.102. The van der Waals surface area contributed by atoms with Crippen molar-refractivity contribution in [3.63, 3.8) is 0 Å². The summed E-state index contributed by atoms with van der Waals surface area (Å²) in [5.41, 5.74) is 0.914. The third-order valence-corrected chi connectivity index (χ3v) is 2.11. The molecular weight excluding hydrogens is 283 g/mol. The fourth-order valence-corrected chi connectivity index (χ4v) is 1.37. The number of carbonyl (C=O) groups excluding carboxylic acids is 3. The van der Waals surface area contributed by atoms with Crippen LogP contribution in [0, 0.1) is 0 Å². The quantitative estimate of drug-likeness (QED) is 0.729. The van der Waals surface area contributed by atoms with Crippen LogP contribution in [0.3, 0.4) is 0 Å². The average molecular weight is 297 g/mol. The zero-order valence-electron chi connectivity index (χ0n) is 11.0. The van der Waals surface area contributed by atoms with Crippen LogP contribution in [-0.2, 0) is 14.3 Å². The van der Waals surface area contributed by atoms with Gasteiger partial charge in [0.15, 0.2) is 0 Å². The molecule has 0 saturated carbocycles. The minimum Gasteiger partial charge on any atom is -0.444 e. The number of hydrazine groups is 1. The van der Waals surface area contributed by atoms with E-state index in [0.717, 1.165) is 0 Å². The number of hydrogen-bond donors (Lipinski definition) is 2. The first-order valence-electron chi connectivity index (χ1n) is 5.59. The van der Waals surface area contributed by atoms with Crippen molar-refractivity contribution in [1.29, 1.82) is 0 Å². The van der Waals surface area contributed by atoms with Gasteiger partial charge in [0.1, 0.15) is 11.6 Å². The smallest absolute Gasteiger partial charge is 0.444 e. The summed E-state index contributed by atoms with van der Waals surface area (Å²) >= 11 is 0. The second kappa shape index (κ2) is 5.17. The van der Waals surface area contributed by atoms with E-state index >= 15 is 0 Å². The van der Waals surface area contributed by atoms with E-state index in [4.69, 9.17) is 4.74 Å². The van der Waals surface area contributed by atoms with Gasteiger partial charge in [-0.2, -0.15) is 13.2 Å². The normalized spacial score (nSPS) is 19.6. The summed E-state index contributed by atoms with van der Waals surface area (Å²) in [6.07, 6.45) is -6.06. The lowest BCUT2D eigenvalue weighted by Crippen LogP contribution is -2.46. The second-order valence-electron chi connectivity index (χ2n) is 5.09. The lowest BCUT2D eigenvalue weighted by Gasteiger charge is -2.21. The molecule has 0 aromatic heterocycles. The van der Waals surface area contributed by atoms with Crippen LogP contribution in [0.1, 0.15) is 20.8 Å². The molecule has 7 nitrogen and oxygen atoms in total. The highest BCUT2D eigenvalue weighted by Crippen LogP contribution is 2.19. The Morgan fingerprint density at radius 3 is 2.35 bits per heavy atom. The summed E-state index contributed by atoms with van der Waals surface area (Å²) < 4.78 is 41.4. The van der Waals surface area contributed by atoms with Gasteiger partial charge in [-0.05, 0) is 20.8 Å². The van der Waals surface area contributed by atoms with E-state index in [9.17, 15) is 27.6 Å². The summed E-state index contributed by atoms with van der Waals surface area (Å²) in [7, 11) is 0. The van der Waals surface area contributed by atoms with Gasteiger partial charge in [-0.25, -0.2) is 9.80 Å². The maximum absolute atomic E-state index is 12.2. The molecule has 1 saturated heterocycles. The van der Waals surface area contributed by atoms with Crippen LogP contribution in [0.15, 0.2) is 0 Å². The van der Waals surface area contributed by atoms with Gasteiger partial charge in [-0.15, -0.1) is 0 Å². The third-order valence-electron chi connectivity index (χ3n) is 2.11. The number of alkyl halides is 3. The standard InChI is InChI=1S/C10H14F3N3O4/c1-9(2,3)20-8(19)14-5-4-16(15-6(5)17)7(18)10(11,12)13/h5H,4H2,1-3H3,(H,14,19)(H,15,17). The number of amides is 3. The van der Waals surface area contributed by atoms with E-state index < -0.39 is 42.3 Å². The minimum atomic E-state index is -5.10. The van der Waals surface area contributed by atoms with Crippen molar-refractivity contribution in [2.45, 2.75) is 38.6 Å². The first-order valence-corrected chi connectivity index (χ1v) is 5.59. The van der Waals surface area contributed by atoms with Gasteiger partial charge in [0.2, 0.25) is 0 Å². The van der Waals surface area contributed by atoms with Crippen molar-refractivity contribution in [2.75, 3.05) is 6.54 Å². The van der Waals surface area contributed by atoms with E-state index in [2.05, 4.69) is 5.32 Å². The number of alkyl carbamates (subject to hydrolysis) is 1. The molecule has 0 aliphatic carbocycles. The first kappa shape index (κ1) is 16.1. The Hall–Kier alpha value is -2.00. The van der Waals surface area contributed by atoms with Gasteiger partial charge in [0.05, 0.1) is 6.54 Å². The Labute approximate surface area is 112 Å². The molecule has 0 aromatic rings. The summed E-state index contributed by atoms with van der Waals surface area (Å²) in [5, 5.41) is 2.19. The highest BCUT2D eigenvalue weighted by atomic mass is 19.4. The molecule has 10 heteroatoms. The van der Waals surface area contributed by atoms with Gasteiger partial charge in [0.25, 0.3) is 5.91 Å². The molecule has 20 heavy (non-hydrogen) atoms. The molecule has 3 amide bonds. The predicted molar refractivity (Wildman–Crippen MR) is 59.1 cm³/mol. The number of nitrogens with one attached hydrogen (secondary N) is 2. The molecule has 114 valence electrons. The molecule has 1 atom stereocenters. The molecule has 2 N–H and O–H groups in total. The van der Waals surface area contributed by atoms with E-state index in [1.807, 2.05) is 0 Å². The highest BCUT2D eigenvalue weighted by molar-refractivity contribution is 5.92. The Kier molecular flexibility index (Phi) is 4.15. The third kappa shape index (κ3) is 4.28. The number of carbonyl (C=O) groups is 3. The van der Waals surface area contributed by atoms with Crippen LogP contribution in [0.2, 0.25) is 0 Å². The van der Waals surface area contributed by atoms with Crippen LogP contribution in [-0.4, -0.2) is 47.3 Å². The molecular formula is C10H14F3N3O4. The van der Waals surface area contributed by atoms with E-state index in [-0.39, 0.29) is 5.01 Å². The van der Waals surface area contributed by atoms with E-state index in [1.54, 1.807) is 26.2 Å². The molecule has 0 bridgehead atoms.